The Labute approximate surface area is 177 Å². The number of carbonyl (C=O) groups is 1. The number of hydrogen-bond acceptors (Lipinski definition) is 4. The van der Waals surface area contributed by atoms with Gasteiger partial charge in [0.1, 0.15) is 5.76 Å². The molecule has 1 aliphatic carbocycles. The molecule has 0 radical (unpaired) electrons. The zero-order chi connectivity index (χ0) is 22.2. The van der Waals surface area contributed by atoms with E-state index in [1.165, 1.54) is 6.07 Å². The summed E-state index contributed by atoms with van der Waals surface area (Å²) in [5.41, 5.74) is 3.78. The lowest BCUT2D eigenvalue weighted by molar-refractivity contribution is -0.137. The number of nitrogens with zero attached hydrogens (tertiary/aromatic N) is 1. The Morgan fingerprint density at radius 2 is 1.77 bits per heavy atom. The van der Waals surface area contributed by atoms with Crippen molar-refractivity contribution in [3.63, 3.8) is 0 Å². The highest BCUT2D eigenvalue weighted by atomic mass is 19.4. The molecular formula is C24H22F3NO3. The number of halogens is 3. The molecule has 2 aromatic rings. The minimum atomic E-state index is -4.45. The number of aryl methyl sites for hydroxylation is 3. The molecule has 0 amide bonds. The first kappa shape index (κ1) is 20.2. The van der Waals surface area contributed by atoms with Gasteiger partial charge in [0.15, 0.2) is 5.78 Å². The third-order valence-corrected chi connectivity index (χ3v) is 6.90. The molecule has 7 heteroatoms. The van der Waals surface area contributed by atoms with E-state index >= 15 is 0 Å². The minimum Gasteiger partial charge on any atom is -0.511 e. The minimum absolute atomic E-state index is 0.0363. The van der Waals surface area contributed by atoms with E-state index in [1.807, 2.05) is 32.9 Å². The second-order valence-electron chi connectivity index (χ2n) is 8.90. The summed E-state index contributed by atoms with van der Waals surface area (Å²) in [6, 6.07) is 6.37. The molecule has 0 spiro atoms. The monoisotopic (exact) mass is 429 g/mol. The molecule has 5 rings (SSSR count). The quantitative estimate of drug-likeness (QED) is 0.725. The zero-order valence-electron chi connectivity index (χ0n) is 17.3. The number of hydrogen-bond donors (Lipinski definition) is 1. The summed E-state index contributed by atoms with van der Waals surface area (Å²) in [5, 5.41) is 11.1. The van der Waals surface area contributed by atoms with Crippen LogP contribution in [0.5, 0.6) is 0 Å². The van der Waals surface area contributed by atoms with Gasteiger partial charge in [-0.25, -0.2) is 0 Å². The third-order valence-electron chi connectivity index (χ3n) is 6.90. The first-order chi connectivity index (χ1) is 14.6. The lowest BCUT2D eigenvalue weighted by Gasteiger charge is -2.27. The van der Waals surface area contributed by atoms with Gasteiger partial charge in [0.25, 0.3) is 0 Å². The number of ketones is 1. The fourth-order valence-electron chi connectivity index (χ4n) is 5.76. The van der Waals surface area contributed by atoms with E-state index in [1.54, 1.807) is 0 Å². The van der Waals surface area contributed by atoms with E-state index in [2.05, 4.69) is 4.98 Å². The Morgan fingerprint density at radius 3 is 2.35 bits per heavy atom. The number of alkyl halides is 3. The molecule has 0 saturated carbocycles. The van der Waals surface area contributed by atoms with E-state index in [-0.39, 0.29) is 23.6 Å². The average molecular weight is 429 g/mol. The van der Waals surface area contributed by atoms with Crippen molar-refractivity contribution in [2.45, 2.75) is 51.5 Å². The highest BCUT2D eigenvalue weighted by Gasteiger charge is 2.63. The van der Waals surface area contributed by atoms with Crippen LogP contribution in [0.3, 0.4) is 0 Å². The molecule has 31 heavy (non-hydrogen) atoms. The molecule has 0 unspecified atom stereocenters. The number of allylic oxidation sites excluding steroid dienone is 1. The Bertz CT molecular complexity index is 1100. The summed E-state index contributed by atoms with van der Waals surface area (Å²) in [5.74, 6) is -1.28. The van der Waals surface area contributed by atoms with Gasteiger partial charge in [0.05, 0.1) is 35.2 Å². The molecule has 2 aliphatic heterocycles. The molecule has 162 valence electrons. The van der Waals surface area contributed by atoms with Crippen molar-refractivity contribution in [1.82, 2.24) is 4.98 Å². The Balaban J connectivity index is 1.51. The van der Waals surface area contributed by atoms with Crippen molar-refractivity contribution < 1.29 is 27.8 Å². The second kappa shape index (κ2) is 6.66. The second-order valence-corrected chi connectivity index (χ2v) is 8.90. The number of benzene rings is 1. The maximum Gasteiger partial charge on any atom is 0.417 e. The van der Waals surface area contributed by atoms with Crippen molar-refractivity contribution >= 4 is 11.4 Å². The van der Waals surface area contributed by atoms with Gasteiger partial charge in [-0.2, -0.15) is 13.2 Å². The molecule has 5 atom stereocenters. The number of ether oxygens (including phenoxy) is 1. The number of aliphatic hydroxyl groups excluding tert-OH is 1. The summed E-state index contributed by atoms with van der Waals surface area (Å²) < 4.78 is 44.6. The van der Waals surface area contributed by atoms with Crippen molar-refractivity contribution in [2.24, 2.45) is 11.8 Å². The molecule has 1 N–H and O–H groups in total. The fraction of sp³-hybridized carbons (Fsp3) is 0.417. The molecule has 1 aromatic heterocycles. The van der Waals surface area contributed by atoms with Gasteiger partial charge in [-0.1, -0.05) is 17.7 Å². The number of pyridine rings is 1. The predicted octanol–water partition coefficient (Wildman–Crippen LogP) is 5.06. The van der Waals surface area contributed by atoms with E-state index in [4.69, 9.17) is 4.74 Å². The lowest BCUT2D eigenvalue weighted by atomic mass is 9.73. The van der Waals surface area contributed by atoms with Gasteiger partial charge in [0.2, 0.25) is 0 Å². The van der Waals surface area contributed by atoms with E-state index < -0.39 is 29.7 Å². The molecular weight excluding hydrogens is 407 g/mol. The van der Waals surface area contributed by atoms with Crippen LogP contribution in [0.15, 0.2) is 36.2 Å². The fourth-order valence-corrected chi connectivity index (χ4v) is 5.76. The van der Waals surface area contributed by atoms with E-state index in [9.17, 15) is 23.1 Å². The first-order valence-electron chi connectivity index (χ1n) is 10.3. The molecule has 3 heterocycles. The molecule has 3 aliphatic rings. The molecule has 4 nitrogen and oxygen atoms in total. The SMILES string of the molecule is Cc1cc(C)c(C2=C(O)[C@@H]3[C@@H]4O[C@@H](C[C@H]4c4ccc(C(F)(F)F)cn4)[C@@H]3C2=O)c(C)c1. The van der Waals surface area contributed by atoms with Crippen LogP contribution in [0.2, 0.25) is 0 Å². The van der Waals surface area contributed by atoms with E-state index in [0.29, 0.717) is 17.7 Å². The van der Waals surface area contributed by atoms with Crippen LogP contribution in [-0.2, 0) is 15.7 Å². The van der Waals surface area contributed by atoms with Crippen LogP contribution >= 0.6 is 0 Å². The van der Waals surface area contributed by atoms with E-state index in [0.717, 1.165) is 34.5 Å². The largest absolute Gasteiger partial charge is 0.511 e. The Hall–Kier alpha value is -2.67. The van der Waals surface area contributed by atoms with Gasteiger partial charge in [-0.05, 0) is 56.0 Å². The molecule has 2 fully saturated rings. The number of carbonyl (C=O) groups excluding carboxylic acids is 1. The highest BCUT2D eigenvalue weighted by molar-refractivity contribution is 6.26. The summed E-state index contributed by atoms with van der Waals surface area (Å²) in [6.45, 7) is 5.84. The van der Waals surface area contributed by atoms with Crippen molar-refractivity contribution in [2.75, 3.05) is 0 Å². The number of aliphatic hydroxyl groups is 1. The number of aromatic nitrogens is 1. The van der Waals surface area contributed by atoms with Gasteiger partial charge >= 0.3 is 6.18 Å². The predicted molar refractivity (Wildman–Crippen MR) is 107 cm³/mol. The number of fused-ring (bicyclic) bond motifs is 5. The van der Waals surface area contributed by atoms with Gasteiger partial charge in [-0.3, -0.25) is 9.78 Å². The lowest BCUT2D eigenvalue weighted by Crippen LogP contribution is -2.33. The van der Waals surface area contributed by atoms with Gasteiger partial charge in [-0.15, -0.1) is 0 Å². The van der Waals surface area contributed by atoms with Crippen molar-refractivity contribution in [3.05, 3.63) is 69.7 Å². The van der Waals surface area contributed by atoms with Crippen LogP contribution < -0.4 is 0 Å². The summed E-state index contributed by atoms with van der Waals surface area (Å²) in [4.78, 5) is 17.4. The number of Topliss-reactive ketones (excluding diaryl/α,β-unsaturated/α-hetero) is 1. The molecule has 1 aromatic carbocycles. The van der Waals surface area contributed by atoms with Crippen LogP contribution in [0.25, 0.3) is 5.57 Å². The Kier molecular flexibility index (Phi) is 4.35. The summed E-state index contributed by atoms with van der Waals surface area (Å²) >= 11 is 0. The van der Waals surface area contributed by atoms with Crippen molar-refractivity contribution in [3.8, 4) is 0 Å². The van der Waals surface area contributed by atoms with Crippen LogP contribution in [0.4, 0.5) is 13.2 Å². The van der Waals surface area contributed by atoms with Crippen LogP contribution in [-0.4, -0.2) is 28.1 Å². The smallest absolute Gasteiger partial charge is 0.417 e. The van der Waals surface area contributed by atoms with Gasteiger partial charge < -0.3 is 9.84 Å². The average Bonchev–Trinajstić information content (AvgIpc) is 3.34. The van der Waals surface area contributed by atoms with Crippen LogP contribution in [0, 0.1) is 32.6 Å². The van der Waals surface area contributed by atoms with Gasteiger partial charge in [0, 0.05) is 17.8 Å². The number of rotatable bonds is 2. The van der Waals surface area contributed by atoms with Crippen molar-refractivity contribution in [1.29, 1.82) is 0 Å². The zero-order valence-corrected chi connectivity index (χ0v) is 17.3. The standard InChI is InChI=1S/C24H22F3NO3/c1-10-6-11(2)17(12(3)7-10)19-21(29)18-16-8-14(23(31-16)20(18)22(19)30)15-5-4-13(9-28-15)24(25,26)27/h4-7,9,14,16,18,20,23,30H,8H2,1-3H3/t14-,16-,18-,20+,23+/m0/s1. The summed E-state index contributed by atoms with van der Waals surface area (Å²) in [6.07, 6.45) is -3.96. The normalized spacial score (nSPS) is 29.7. The highest BCUT2D eigenvalue weighted by Crippen LogP contribution is 2.58. The topological polar surface area (TPSA) is 59.4 Å². The third kappa shape index (κ3) is 2.93. The molecule has 2 saturated heterocycles. The van der Waals surface area contributed by atoms with Crippen LogP contribution in [0.1, 0.15) is 45.8 Å². The maximum atomic E-state index is 13.3. The first-order valence-corrected chi connectivity index (χ1v) is 10.3. The maximum absolute atomic E-state index is 13.3. The Morgan fingerprint density at radius 1 is 1.10 bits per heavy atom. The summed E-state index contributed by atoms with van der Waals surface area (Å²) in [7, 11) is 0. The molecule has 2 bridgehead atoms.